The van der Waals surface area contributed by atoms with Crippen molar-refractivity contribution in [2.75, 3.05) is 6.61 Å². The van der Waals surface area contributed by atoms with Gasteiger partial charge in [-0.1, -0.05) is 68.9 Å². The molecular weight excluding hydrogens is 380 g/mol. The van der Waals surface area contributed by atoms with E-state index in [2.05, 4.69) is 45.0 Å². The Kier molecular flexibility index (Phi) is 5.79. The third-order valence-corrected chi connectivity index (χ3v) is 6.47. The quantitative estimate of drug-likeness (QED) is 0.432. The van der Waals surface area contributed by atoms with Crippen LogP contribution < -0.4 is 5.56 Å². The predicted molar refractivity (Wildman–Crippen MR) is 120 cm³/mol. The van der Waals surface area contributed by atoms with Crippen molar-refractivity contribution in [3.8, 4) is 0 Å². The molecular formula is C24H28N2O2S. The highest BCUT2D eigenvalue weighted by atomic mass is 32.2. The number of thioether (sulfide) groups is 1. The highest BCUT2D eigenvalue weighted by molar-refractivity contribution is 7.98. The maximum Gasteiger partial charge on any atom is 0.262 e. The zero-order valence-corrected chi connectivity index (χ0v) is 18.2. The number of ether oxygens (including phenoxy) is 1. The van der Waals surface area contributed by atoms with Gasteiger partial charge in [0.05, 0.1) is 23.6 Å². The Labute approximate surface area is 176 Å². The van der Waals surface area contributed by atoms with Crippen molar-refractivity contribution in [1.82, 2.24) is 9.55 Å². The van der Waals surface area contributed by atoms with E-state index < -0.39 is 0 Å². The fraction of sp³-hybridized carbons (Fsp3) is 0.417. The lowest BCUT2D eigenvalue weighted by Gasteiger charge is -2.19. The fourth-order valence-electron chi connectivity index (χ4n) is 3.66. The number of hydrogen-bond acceptors (Lipinski definition) is 4. The van der Waals surface area contributed by atoms with Crippen LogP contribution in [-0.2, 0) is 22.4 Å². The first-order valence-electron chi connectivity index (χ1n) is 10.3. The van der Waals surface area contributed by atoms with Crippen LogP contribution in [0.3, 0.4) is 0 Å². The summed E-state index contributed by atoms with van der Waals surface area (Å²) in [5.41, 5.74) is 3.48. The van der Waals surface area contributed by atoms with Crippen molar-refractivity contribution in [2.45, 2.75) is 62.6 Å². The van der Waals surface area contributed by atoms with E-state index in [0.717, 1.165) is 35.9 Å². The molecule has 1 aromatic heterocycles. The van der Waals surface area contributed by atoms with Crippen LogP contribution in [0.5, 0.6) is 0 Å². The maximum atomic E-state index is 13.2. The SMILES string of the molecule is CC(C)(C)c1ccc(CSc2nc3ccccc3c(=O)n2CC2CCCO2)cc1. The highest BCUT2D eigenvalue weighted by Crippen LogP contribution is 2.26. The number of rotatable bonds is 5. The lowest BCUT2D eigenvalue weighted by atomic mass is 9.87. The van der Waals surface area contributed by atoms with Gasteiger partial charge in [0, 0.05) is 12.4 Å². The number of benzene rings is 2. The molecule has 5 heteroatoms. The molecule has 1 saturated heterocycles. The van der Waals surface area contributed by atoms with Gasteiger partial charge in [0.15, 0.2) is 5.16 Å². The predicted octanol–water partition coefficient (Wildman–Crippen LogP) is 5.17. The molecule has 0 saturated carbocycles. The summed E-state index contributed by atoms with van der Waals surface area (Å²) in [6.45, 7) is 8.02. The topological polar surface area (TPSA) is 44.1 Å². The number of fused-ring (bicyclic) bond motifs is 1. The lowest BCUT2D eigenvalue weighted by Crippen LogP contribution is -2.28. The molecule has 1 aliphatic heterocycles. The lowest BCUT2D eigenvalue weighted by molar-refractivity contribution is 0.0937. The van der Waals surface area contributed by atoms with E-state index in [1.54, 1.807) is 11.8 Å². The molecule has 1 fully saturated rings. The molecule has 1 atom stereocenters. The second-order valence-electron chi connectivity index (χ2n) is 8.70. The first-order chi connectivity index (χ1) is 13.9. The van der Waals surface area contributed by atoms with E-state index in [4.69, 9.17) is 9.72 Å². The fourth-order valence-corrected chi connectivity index (χ4v) is 4.62. The Balaban J connectivity index is 1.62. The standard InChI is InChI=1S/C24H28N2O2S/c1-24(2,3)18-12-10-17(11-13-18)16-29-23-25-21-9-5-4-8-20(21)22(27)26(23)15-19-7-6-14-28-19/h4-5,8-13,19H,6-7,14-16H2,1-3H3. The maximum absolute atomic E-state index is 13.2. The van der Waals surface area contributed by atoms with E-state index in [9.17, 15) is 4.79 Å². The second-order valence-corrected chi connectivity index (χ2v) is 9.64. The average Bonchev–Trinajstić information content (AvgIpc) is 3.22. The van der Waals surface area contributed by atoms with Gasteiger partial charge in [-0.05, 0) is 41.5 Å². The molecule has 3 aromatic rings. The molecule has 4 rings (SSSR count). The molecule has 4 nitrogen and oxygen atoms in total. The van der Waals surface area contributed by atoms with Gasteiger partial charge < -0.3 is 4.74 Å². The number of para-hydroxylation sites is 1. The van der Waals surface area contributed by atoms with Crippen molar-refractivity contribution in [3.05, 3.63) is 70.0 Å². The molecule has 2 aromatic carbocycles. The summed E-state index contributed by atoms with van der Waals surface area (Å²) in [4.78, 5) is 18.0. The van der Waals surface area contributed by atoms with Gasteiger partial charge >= 0.3 is 0 Å². The van der Waals surface area contributed by atoms with Gasteiger partial charge in [0.1, 0.15) is 0 Å². The van der Waals surface area contributed by atoms with E-state index in [1.807, 2.05) is 28.8 Å². The molecule has 2 heterocycles. The summed E-state index contributed by atoms with van der Waals surface area (Å²) in [5.74, 6) is 0.778. The molecule has 0 radical (unpaired) electrons. The number of aromatic nitrogens is 2. The minimum atomic E-state index is 0.0247. The smallest absolute Gasteiger partial charge is 0.262 e. The van der Waals surface area contributed by atoms with Crippen molar-refractivity contribution in [3.63, 3.8) is 0 Å². The van der Waals surface area contributed by atoms with Crippen LogP contribution in [0.4, 0.5) is 0 Å². The van der Waals surface area contributed by atoms with Crippen LogP contribution in [-0.4, -0.2) is 22.3 Å². The van der Waals surface area contributed by atoms with E-state index in [1.165, 1.54) is 11.1 Å². The van der Waals surface area contributed by atoms with Gasteiger partial charge in [0.25, 0.3) is 5.56 Å². The highest BCUT2D eigenvalue weighted by Gasteiger charge is 2.20. The Hall–Kier alpha value is -2.11. The third kappa shape index (κ3) is 4.57. The number of hydrogen-bond donors (Lipinski definition) is 0. The second kappa shape index (κ2) is 8.33. The monoisotopic (exact) mass is 408 g/mol. The molecule has 0 aliphatic carbocycles. The van der Waals surface area contributed by atoms with Crippen LogP contribution in [0.25, 0.3) is 10.9 Å². The molecule has 0 spiro atoms. The molecule has 0 amide bonds. The summed E-state index contributed by atoms with van der Waals surface area (Å²) >= 11 is 1.62. The van der Waals surface area contributed by atoms with Gasteiger partial charge in [-0.25, -0.2) is 4.98 Å². The van der Waals surface area contributed by atoms with Crippen LogP contribution >= 0.6 is 11.8 Å². The number of nitrogens with zero attached hydrogens (tertiary/aromatic N) is 2. The van der Waals surface area contributed by atoms with Gasteiger partial charge in [-0.3, -0.25) is 9.36 Å². The van der Waals surface area contributed by atoms with Crippen LogP contribution in [0, 0.1) is 0 Å². The van der Waals surface area contributed by atoms with Crippen LogP contribution in [0.2, 0.25) is 0 Å². The van der Waals surface area contributed by atoms with Gasteiger partial charge in [-0.15, -0.1) is 0 Å². The molecule has 0 bridgehead atoms. The van der Waals surface area contributed by atoms with Crippen molar-refractivity contribution in [2.24, 2.45) is 0 Å². The van der Waals surface area contributed by atoms with Gasteiger partial charge in [0.2, 0.25) is 0 Å². The molecule has 29 heavy (non-hydrogen) atoms. The van der Waals surface area contributed by atoms with Crippen LogP contribution in [0.1, 0.15) is 44.7 Å². The largest absolute Gasteiger partial charge is 0.376 e. The Bertz CT molecular complexity index is 1050. The Morgan fingerprint density at radius 1 is 1.14 bits per heavy atom. The van der Waals surface area contributed by atoms with E-state index in [-0.39, 0.29) is 17.1 Å². The zero-order valence-electron chi connectivity index (χ0n) is 17.4. The summed E-state index contributed by atoms with van der Waals surface area (Å²) in [6.07, 6.45) is 2.15. The van der Waals surface area contributed by atoms with Gasteiger partial charge in [-0.2, -0.15) is 0 Å². The van der Waals surface area contributed by atoms with Crippen molar-refractivity contribution >= 4 is 22.7 Å². The van der Waals surface area contributed by atoms with Crippen molar-refractivity contribution in [1.29, 1.82) is 0 Å². The average molecular weight is 409 g/mol. The molecule has 1 unspecified atom stereocenters. The first kappa shape index (κ1) is 20.2. The third-order valence-electron chi connectivity index (χ3n) is 5.42. The minimum Gasteiger partial charge on any atom is -0.376 e. The Morgan fingerprint density at radius 2 is 1.90 bits per heavy atom. The summed E-state index contributed by atoms with van der Waals surface area (Å²) in [6, 6.07) is 16.3. The molecule has 0 N–H and O–H groups in total. The summed E-state index contributed by atoms with van der Waals surface area (Å²) in [5, 5.41) is 1.44. The normalized spacial score (nSPS) is 17.1. The molecule has 1 aliphatic rings. The van der Waals surface area contributed by atoms with E-state index in [0.29, 0.717) is 11.9 Å². The zero-order chi connectivity index (χ0) is 20.4. The van der Waals surface area contributed by atoms with E-state index >= 15 is 0 Å². The minimum absolute atomic E-state index is 0.0247. The first-order valence-corrected chi connectivity index (χ1v) is 11.2. The van der Waals surface area contributed by atoms with Crippen LogP contribution in [0.15, 0.2) is 58.5 Å². The summed E-state index contributed by atoms with van der Waals surface area (Å²) in [7, 11) is 0. The van der Waals surface area contributed by atoms with Crippen molar-refractivity contribution < 1.29 is 4.74 Å². The molecule has 152 valence electrons. The summed E-state index contributed by atoms with van der Waals surface area (Å²) < 4.78 is 7.60. The Morgan fingerprint density at radius 3 is 2.59 bits per heavy atom.